The summed E-state index contributed by atoms with van der Waals surface area (Å²) in [5.41, 5.74) is 0.282. The summed E-state index contributed by atoms with van der Waals surface area (Å²) in [5, 5.41) is 0. The molecule has 0 amide bonds. The molecule has 0 saturated heterocycles. The molecule has 3 aromatic rings. The van der Waals surface area contributed by atoms with E-state index in [9.17, 15) is 22.0 Å². The summed E-state index contributed by atoms with van der Waals surface area (Å²) < 4.78 is 67.4. The Morgan fingerprint density at radius 2 is 1.62 bits per heavy atom. The first-order valence-corrected chi connectivity index (χ1v) is 7.48. The van der Waals surface area contributed by atoms with E-state index >= 15 is 0 Å². The van der Waals surface area contributed by atoms with E-state index < -0.39 is 47.0 Å². The van der Waals surface area contributed by atoms with Gasteiger partial charge in [0, 0.05) is 23.4 Å². The summed E-state index contributed by atoms with van der Waals surface area (Å²) in [5.74, 6) is -10.0. The Balaban J connectivity index is 2.02. The Labute approximate surface area is 138 Å². The van der Waals surface area contributed by atoms with Crippen molar-refractivity contribution in [3.63, 3.8) is 0 Å². The first kappa shape index (κ1) is 16.7. The van der Waals surface area contributed by atoms with E-state index in [4.69, 9.17) is 0 Å². The Morgan fingerprint density at radius 3 is 2.21 bits per heavy atom. The molecule has 3 rings (SSSR count). The molecular formula is C15H10F5N3S. The van der Waals surface area contributed by atoms with Crippen molar-refractivity contribution in [2.24, 2.45) is 0 Å². The SMILES string of the molecule is Fc1c(F)c(F)c(C[C@H](CS)c2nc3ccncc3[nH]2)c(F)c1F. The van der Waals surface area contributed by atoms with Crippen LogP contribution in [0.5, 0.6) is 0 Å². The van der Waals surface area contributed by atoms with E-state index in [2.05, 4.69) is 27.6 Å². The second-order valence-electron chi connectivity index (χ2n) is 5.15. The van der Waals surface area contributed by atoms with Gasteiger partial charge in [-0.2, -0.15) is 12.6 Å². The molecule has 0 aliphatic rings. The highest BCUT2D eigenvalue weighted by molar-refractivity contribution is 7.80. The Kier molecular flexibility index (Phi) is 4.44. The zero-order valence-corrected chi connectivity index (χ0v) is 12.8. The van der Waals surface area contributed by atoms with E-state index in [0.717, 1.165) is 0 Å². The van der Waals surface area contributed by atoms with Crippen LogP contribution in [-0.4, -0.2) is 20.7 Å². The van der Waals surface area contributed by atoms with Gasteiger partial charge in [0.2, 0.25) is 5.82 Å². The Morgan fingerprint density at radius 1 is 1.00 bits per heavy atom. The van der Waals surface area contributed by atoms with Crippen LogP contribution in [0.15, 0.2) is 18.5 Å². The number of thiol groups is 1. The summed E-state index contributed by atoms with van der Waals surface area (Å²) in [4.78, 5) is 11.1. The van der Waals surface area contributed by atoms with Gasteiger partial charge < -0.3 is 4.98 Å². The van der Waals surface area contributed by atoms with Gasteiger partial charge in [0.25, 0.3) is 0 Å². The molecule has 0 aliphatic carbocycles. The summed E-state index contributed by atoms with van der Waals surface area (Å²) in [7, 11) is 0. The number of fused-ring (bicyclic) bond motifs is 1. The molecule has 0 bridgehead atoms. The van der Waals surface area contributed by atoms with Crippen LogP contribution in [0.3, 0.4) is 0 Å². The third kappa shape index (κ3) is 2.72. The highest BCUT2D eigenvalue weighted by atomic mass is 32.1. The van der Waals surface area contributed by atoms with Crippen molar-refractivity contribution < 1.29 is 22.0 Å². The molecule has 0 radical (unpaired) electrons. The van der Waals surface area contributed by atoms with Crippen LogP contribution in [0, 0.1) is 29.1 Å². The molecule has 0 spiro atoms. The molecule has 2 heterocycles. The van der Waals surface area contributed by atoms with Crippen LogP contribution < -0.4 is 0 Å². The average molecular weight is 359 g/mol. The van der Waals surface area contributed by atoms with Crippen molar-refractivity contribution in [3.8, 4) is 0 Å². The van der Waals surface area contributed by atoms with Gasteiger partial charge in [-0.25, -0.2) is 26.9 Å². The van der Waals surface area contributed by atoms with E-state index in [-0.39, 0.29) is 5.75 Å². The van der Waals surface area contributed by atoms with Crippen LogP contribution in [0.25, 0.3) is 11.0 Å². The maximum atomic E-state index is 13.8. The molecule has 1 aromatic carbocycles. The van der Waals surface area contributed by atoms with Crippen molar-refractivity contribution in [2.45, 2.75) is 12.3 Å². The van der Waals surface area contributed by atoms with Crippen molar-refractivity contribution in [1.29, 1.82) is 0 Å². The lowest BCUT2D eigenvalue weighted by molar-refractivity contribution is 0.368. The van der Waals surface area contributed by atoms with Crippen LogP contribution in [-0.2, 0) is 6.42 Å². The van der Waals surface area contributed by atoms with Crippen LogP contribution >= 0.6 is 12.6 Å². The lowest BCUT2D eigenvalue weighted by Crippen LogP contribution is -2.13. The standard InChI is InChI=1S/C15H10F5N3S/c16-10-7(11(17)13(19)14(20)12(10)18)3-6(5-24)15-22-8-1-2-21-4-9(8)23-15/h1-2,4,6,24H,3,5H2,(H,22,23)/t6-/m1/s1. The number of rotatable bonds is 4. The fourth-order valence-electron chi connectivity index (χ4n) is 2.39. The van der Waals surface area contributed by atoms with E-state index in [1.807, 2.05) is 0 Å². The molecule has 0 saturated carbocycles. The minimum Gasteiger partial charge on any atom is -0.340 e. The van der Waals surface area contributed by atoms with Crippen LogP contribution in [0.2, 0.25) is 0 Å². The number of halogens is 5. The maximum absolute atomic E-state index is 13.8. The minimum absolute atomic E-state index is 0.0900. The zero-order valence-electron chi connectivity index (χ0n) is 12.0. The number of imidazole rings is 1. The van der Waals surface area contributed by atoms with Gasteiger partial charge in [-0.15, -0.1) is 0 Å². The largest absolute Gasteiger partial charge is 0.340 e. The predicted molar refractivity (Wildman–Crippen MR) is 80.4 cm³/mol. The van der Waals surface area contributed by atoms with Crippen molar-refractivity contribution in [2.75, 3.05) is 5.75 Å². The molecule has 24 heavy (non-hydrogen) atoms. The molecule has 1 N–H and O–H groups in total. The monoisotopic (exact) mass is 359 g/mol. The summed E-state index contributed by atoms with van der Waals surface area (Å²) >= 11 is 4.10. The number of hydrogen-bond donors (Lipinski definition) is 2. The van der Waals surface area contributed by atoms with Gasteiger partial charge in [0.1, 0.15) is 5.82 Å². The fourth-order valence-corrected chi connectivity index (χ4v) is 2.70. The average Bonchev–Trinajstić information content (AvgIpc) is 3.02. The van der Waals surface area contributed by atoms with Gasteiger partial charge in [0.15, 0.2) is 23.3 Å². The number of nitrogens with zero attached hydrogens (tertiary/aromatic N) is 2. The van der Waals surface area contributed by atoms with E-state index in [1.54, 1.807) is 6.07 Å². The molecular weight excluding hydrogens is 349 g/mol. The van der Waals surface area contributed by atoms with Crippen LogP contribution in [0.1, 0.15) is 17.3 Å². The van der Waals surface area contributed by atoms with Gasteiger partial charge in [-0.1, -0.05) is 0 Å². The smallest absolute Gasteiger partial charge is 0.200 e. The molecule has 0 fully saturated rings. The van der Waals surface area contributed by atoms with E-state index in [1.165, 1.54) is 12.4 Å². The molecule has 9 heteroatoms. The number of aromatic amines is 1. The third-order valence-corrected chi connectivity index (χ3v) is 4.10. The molecule has 0 aliphatic heterocycles. The van der Waals surface area contributed by atoms with Crippen molar-refractivity contribution in [1.82, 2.24) is 15.0 Å². The molecule has 3 nitrogen and oxygen atoms in total. The second-order valence-corrected chi connectivity index (χ2v) is 5.51. The number of hydrogen-bond acceptors (Lipinski definition) is 3. The Hall–Kier alpha value is -2.16. The quantitative estimate of drug-likeness (QED) is 0.321. The lowest BCUT2D eigenvalue weighted by atomic mass is 9.98. The second kappa shape index (κ2) is 6.39. The number of H-pyrrole nitrogens is 1. The molecule has 126 valence electrons. The number of benzene rings is 1. The van der Waals surface area contributed by atoms with Gasteiger partial charge in [-0.05, 0) is 12.5 Å². The first-order valence-electron chi connectivity index (χ1n) is 6.84. The van der Waals surface area contributed by atoms with Crippen molar-refractivity contribution >= 4 is 23.7 Å². The lowest BCUT2D eigenvalue weighted by Gasteiger charge is -2.14. The molecule has 0 unspecified atom stereocenters. The van der Waals surface area contributed by atoms with Gasteiger partial charge in [0.05, 0.1) is 17.2 Å². The number of aromatic nitrogens is 3. The van der Waals surface area contributed by atoms with Gasteiger partial charge in [-0.3, -0.25) is 4.98 Å². The third-order valence-electron chi connectivity index (χ3n) is 3.66. The maximum Gasteiger partial charge on any atom is 0.200 e. The molecule has 2 aromatic heterocycles. The number of pyridine rings is 1. The van der Waals surface area contributed by atoms with Crippen molar-refractivity contribution in [3.05, 3.63) is 58.9 Å². The zero-order chi connectivity index (χ0) is 17.4. The highest BCUT2D eigenvalue weighted by Gasteiger charge is 2.28. The normalized spacial score (nSPS) is 12.8. The first-order chi connectivity index (χ1) is 11.4. The topological polar surface area (TPSA) is 41.6 Å². The Bertz CT molecular complexity index is 850. The molecule has 1 atom stereocenters. The van der Waals surface area contributed by atoms with Gasteiger partial charge >= 0.3 is 0 Å². The predicted octanol–water partition coefficient (Wildman–Crippen LogP) is 3.91. The summed E-state index contributed by atoms with van der Waals surface area (Å²) in [6.45, 7) is 0. The number of nitrogens with one attached hydrogen (secondary N) is 1. The summed E-state index contributed by atoms with van der Waals surface area (Å²) in [6, 6.07) is 1.63. The summed E-state index contributed by atoms with van der Waals surface area (Å²) in [6.07, 6.45) is 2.59. The minimum atomic E-state index is -2.18. The highest BCUT2D eigenvalue weighted by Crippen LogP contribution is 2.29. The fraction of sp³-hybridized carbons (Fsp3) is 0.200. The van der Waals surface area contributed by atoms with E-state index in [0.29, 0.717) is 16.9 Å². The van der Waals surface area contributed by atoms with Crippen LogP contribution in [0.4, 0.5) is 22.0 Å².